The van der Waals surface area contributed by atoms with Crippen LogP contribution in [-0.2, 0) is 9.59 Å². The number of aryl methyl sites for hydroxylation is 1. The number of carbonyl (C=O) groups excluding carboxylic acids is 3. The number of hydrogen-bond acceptors (Lipinski definition) is 4. The highest BCUT2D eigenvalue weighted by molar-refractivity contribution is 6.06. The molecular weight excluding hydrogens is 270 g/mol. The summed E-state index contributed by atoms with van der Waals surface area (Å²) in [5.74, 6) is 4.27. The topological polar surface area (TPSA) is 92.5 Å². The van der Waals surface area contributed by atoms with Crippen LogP contribution < -0.4 is 11.1 Å². The molecule has 1 saturated heterocycles. The van der Waals surface area contributed by atoms with Crippen LogP contribution in [-0.4, -0.2) is 42.3 Å². The molecule has 108 valence electrons. The number of nitrogens with two attached hydrogens (primary N) is 1. The minimum absolute atomic E-state index is 0.122. The van der Waals surface area contributed by atoms with Gasteiger partial charge in [-0.05, 0) is 24.6 Å². The van der Waals surface area contributed by atoms with Crippen LogP contribution in [0.25, 0.3) is 0 Å². The van der Waals surface area contributed by atoms with Crippen LogP contribution in [0.15, 0.2) is 18.2 Å². The molecule has 1 aliphatic rings. The van der Waals surface area contributed by atoms with E-state index in [0.717, 1.165) is 5.56 Å². The molecular formula is C15H15N3O3. The minimum atomic E-state index is -0.476. The Kier molecular flexibility index (Phi) is 4.36. The normalized spacial score (nSPS) is 14.3. The maximum Gasteiger partial charge on any atom is 0.255 e. The van der Waals surface area contributed by atoms with Gasteiger partial charge in [0.25, 0.3) is 5.91 Å². The van der Waals surface area contributed by atoms with Crippen LogP contribution in [0.4, 0.5) is 0 Å². The third kappa shape index (κ3) is 3.46. The molecule has 3 N–H and O–H groups in total. The Morgan fingerprint density at radius 1 is 1.33 bits per heavy atom. The Bertz CT molecular complexity index is 654. The molecule has 1 aromatic carbocycles. The predicted molar refractivity (Wildman–Crippen MR) is 76.2 cm³/mol. The highest BCUT2D eigenvalue weighted by atomic mass is 16.2. The number of nitrogens with zero attached hydrogens (tertiary/aromatic N) is 1. The second kappa shape index (κ2) is 6.20. The maximum atomic E-state index is 12.5. The van der Waals surface area contributed by atoms with Gasteiger partial charge in [-0.25, -0.2) is 0 Å². The van der Waals surface area contributed by atoms with E-state index in [0.29, 0.717) is 11.1 Å². The van der Waals surface area contributed by atoms with E-state index in [-0.39, 0.29) is 25.5 Å². The maximum absolute atomic E-state index is 12.5. The number of carbonyl (C=O) groups is 3. The molecule has 0 unspecified atom stereocenters. The van der Waals surface area contributed by atoms with Crippen molar-refractivity contribution in [3.8, 4) is 11.8 Å². The molecule has 2 rings (SSSR count). The summed E-state index contributed by atoms with van der Waals surface area (Å²) in [6.45, 7) is 1.78. The smallest absolute Gasteiger partial charge is 0.255 e. The molecule has 6 heteroatoms. The molecule has 1 heterocycles. The van der Waals surface area contributed by atoms with E-state index in [1.807, 2.05) is 0 Å². The Morgan fingerprint density at radius 3 is 2.62 bits per heavy atom. The van der Waals surface area contributed by atoms with E-state index in [1.165, 1.54) is 4.90 Å². The zero-order valence-electron chi connectivity index (χ0n) is 11.6. The van der Waals surface area contributed by atoms with Gasteiger partial charge in [0.1, 0.15) is 13.1 Å². The lowest BCUT2D eigenvalue weighted by atomic mass is 10.0. The first kappa shape index (κ1) is 14.8. The van der Waals surface area contributed by atoms with Crippen LogP contribution in [0.5, 0.6) is 0 Å². The average Bonchev–Trinajstić information content (AvgIpc) is 2.44. The predicted octanol–water partition coefficient (Wildman–Crippen LogP) is -0.596. The molecule has 0 saturated carbocycles. The molecule has 1 aromatic rings. The lowest BCUT2D eigenvalue weighted by molar-refractivity contribution is -0.135. The SMILES string of the molecule is Cc1ccc(C#CCN)cc1C(=O)N1CC(=O)NC(=O)C1. The highest BCUT2D eigenvalue weighted by Crippen LogP contribution is 2.14. The second-order valence-corrected chi connectivity index (χ2v) is 4.67. The monoisotopic (exact) mass is 285 g/mol. The van der Waals surface area contributed by atoms with E-state index < -0.39 is 11.8 Å². The standard InChI is InChI=1S/C15H15N3O3/c1-10-4-5-11(3-2-6-16)7-12(10)15(21)18-8-13(19)17-14(20)9-18/h4-5,7H,6,8-9,16H2,1H3,(H,17,19,20). The fraction of sp³-hybridized carbons (Fsp3) is 0.267. The number of rotatable bonds is 1. The summed E-state index contributed by atoms with van der Waals surface area (Å²) in [7, 11) is 0. The van der Waals surface area contributed by atoms with Crippen molar-refractivity contribution in [1.82, 2.24) is 10.2 Å². The van der Waals surface area contributed by atoms with Gasteiger partial charge in [-0.1, -0.05) is 17.9 Å². The number of piperazine rings is 1. The average molecular weight is 285 g/mol. The Hall–Kier alpha value is -2.65. The van der Waals surface area contributed by atoms with Gasteiger partial charge in [0.15, 0.2) is 0 Å². The molecule has 0 aromatic heterocycles. The van der Waals surface area contributed by atoms with Gasteiger partial charge in [0.2, 0.25) is 11.8 Å². The lowest BCUT2D eigenvalue weighted by Gasteiger charge is -2.26. The van der Waals surface area contributed by atoms with Crippen LogP contribution >= 0.6 is 0 Å². The number of benzene rings is 1. The largest absolute Gasteiger partial charge is 0.320 e. The fourth-order valence-electron chi connectivity index (χ4n) is 2.03. The summed E-state index contributed by atoms with van der Waals surface area (Å²) in [5, 5.41) is 2.16. The second-order valence-electron chi connectivity index (χ2n) is 4.67. The summed E-state index contributed by atoms with van der Waals surface area (Å²) < 4.78 is 0. The van der Waals surface area contributed by atoms with Crippen molar-refractivity contribution in [1.29, 1.82) is 0 Å². The summed E-state index contributed by atoms with van der Waals surface area (Å²) in [6, 6.07) is 5.22. The van der Waals surface area contributed by atoms with Crippen LogP contribution in [0.2, 0.25) is 0 Å². The number of nitrogens with one attached hydrogen (secondary N) is 1. The first-order valence-corrected chi connectivity index (χ1v) is 6.43. The summed E-state index contributed by atoms with van der Waals surface area (Å²) in [4.78, 5) is 36.4. The van der Waals surface area contributed by atoms with E-state index in [9.17, 15) is 14.4 Å². The molecule has 0 radical (unpaired) electrons. The van der Waals surface area contributed by atoms with Crippen molar-refractivity contribution in [3.05, 3.63) is 34.9 Å². The summed E-state index contributed by atoms with van der Waals surface area (Å²) in [5.41, 5.74) is 7.18. The number of imide groups is 1. The van der Waals surface area contributed by atoms with Crippen molar-refractivity contribution < 1.29 is 14.4 Å². The van der Waals surface area contributed by atoms with Gasteiger partial charge >= 0.3 is 0 Å². The lowest BCUT2D eigenvalue weighted by Crippen LogP contribution is -2.53. The first-order valence-electron chi connectivity index (χ1n) is 6.43. The molecule has 1 aliphatic heterocycles. The van der Waals surface area contributed by atoms with Crippen LogP contribution in [0.1, 0.15) is 21.5 Å². The Morgan fingerprint density at radius 2 is 2.00 bits per heavy atom. The zero-order chi connectivity index (χ0) is 15.4. The van der Waals surface area contributed by atoms with E-state index in [4.69, 9.17) is 5.73 Å². The Balaban J connectivity index is 2.29. The van der Waals surface area contributed by atoms with E-state index in [1.54, 1.807) is 25.1 Å². The minimum Gasteiger partial charge on any atom is -0.320 e. The van der Waals surface area contributed by atoms with Crippen LogP contribution in [0.3, 0.4) is 0 Å². The van der Waals surface area contributed by atoms with Gasteiger partial charge in [0, 0.05) is 11.1 Å². The highest BCUT2D eigenvalue weighted by Gasteiger charge is 2.27. The number of amides is 3. The van der Waals surface area contributed by atoms with Gasteiger partial charge in [-0.2, -0.15) is 0 Å². The van der Waals surface area contributed by atoms with Crippen molar-refractivity contribution >= 4 is 17.7 Å². The summed E-state index contributed by atoms with van der Waals surface area (Å²) in [6.07, 6.45) is 0. The molecule has 0 bridgehead atoms. The number of hydrogen-bond donors (Lipinski definition) is 2. The van der Waals surface area contributed by atoms with E-state index in [2.05, 4.69) is 17.2 Å². The molecule has 0 aliphatic carbocycles. The Labute approximate surface area is 122 Å². The zero-order valence-corrected chi connectivity index (χ0v) is 11.6. The third-order valence-electron chi connectivity index (χ3n) is 3.04. The van der Waals surface area contributed by atoms with Crippen molar-refractivity contribution in [3.63, 3.8) is 0 Å². The summed E-state index contributed by atoms with van der Waals surface area (Å²) >= 11 is 0. The van der Waals surface area contributed by atoms with Crippen molar-refractivity contribution in [2.45, 2.75) is 6.92 Å². The van der Waals surface area contributed by atoms with Gasteiger partial charge in [-0.15, -0.1) is 0 Å². The van der Waals surface area contributed by atoms with Gasteiger partial charge < -0.3 is 10.6 Å². The molecule has 0 atom stereocenters. The first-order chi connectivity index (χ1) is 10.0. The quantitative estimate of drug-likeness (QED) is 0.532. The van der Waals surface area contributed by atoms with Crippen molar-refractivity contribution in [2.24, 2.45) is 5.73 Å². The molecule has 0 spiro atoms. The molecule has 3 amide bonds. The van der Waals surface area contributed by atoms with Gasteiger partial charge in [0.05, 0.1) is 6.54 Å². The third-order valence-corrected chi connectivity index (χ3v) is 3.04. The van der Waals surface area contributed by atoms with E-state index >= 15 is 0 Å². The van der Waals surface area contributed by atoms with Crippen LogP contribution in [0, 0.1) is 18.8 Å². The van der Waals surface area contributed by atoms with Gasteiger partial charge in [-0.3, -0.25) is 19.7 Å². The molecule has 6 nitrogen and oxygen atoms in total. The fourth-order valence-corrected chi connectivity index (χ4v) is 2.03. The van der Waals surface area contributed by atoms with Crippen molar-refractivity contribution in [2.75, 3.05) is 19.6 Å². The molecule has 21 heavy (non-hydrogen) atoms. The molecule has 1 fully saturated rings.